The zero-order chi connectivity index (χ0) is 20.3. The topological polar surface area (TPSA) is 87.7 Å². The lowest BCUT2D eigenvalue weighted by Gasteiger charge is -2.22. The molecule has 2 aromatic rings. The number of fused-ring (bicyclic) bond motifs is 1. The van der Waals surface area contributed by atoms with E-state index in [1.54, 1.807) is 51.1 Å². The molecular formula is C21H23N3O4. The third-order valence-electron chi connectivity index (χ3n) is 4.01. The van der Waals surface area contributed by atoms with Gasteiger partial charge in [-0.2, -0.15) is 0 Å². The lowest BCUT2D eigenvalue weighted by atomic mass is 10.1. The molecule has 0 spiro atoms. The van der Waals surface area contributed by atoms with Gasteiger partial charge in [-0.15, -0.1) is 0 Å². The fraction of sp³-hybridized carbons (Fsp3) is 0.286. The van der Waals surface area contributed by atoms with Crippen LogP contribution in [0.15, 0.2) is 48.5 Å². The van der Waals surface area contributed by atoms with Crippen molar-refractivity contribution in [3.8, 4) is 0 Å². The highest BCUT2D eigenvalue weighted by atomic mass is 16.6. The number of para-hydroxylation sites is 2. The minimum atomic E-state index is -0.556. The molecule has 7 nitrogen and oxygen atoms in total. The second-order valence-electron chi connectivity index (χ2n) is 7.49. The molecule has 0 aliphatic carbocycles. The molecule has 0 unspecified atom stereocenters. The van der Waals surface area contributed by atoms with Crippen LogP contribution in [0.25, 0.3) is 0 Å². The summed E-state index contributed by atoms with van der Waals surface area (Å²) in [6.45, 7) is 5.71. The largest absolute Gasteiger partial charge is 0.444 e. The number of hydrogen-bond donors (Lipinski definition) is 2. The number of hydrogen-bond acceptors (Lipinski definition) is 4. The summed E-state index contributed by atoms with van der Waals surface area (Å²) in [6.07, 6.45) is -0.714. The van der Waals surface area contributed by atoms with Crippen molar-refractivity contribution >= 4 is 35.0 Å². The van der Waals surface area contributed by atoms with Crippen LogP contribution in [0.5, 0.6) is 0 Å². The Bertz CT molecular complexity index is 901. The van der Waals surface area contributed by atoms with E-state index >= 15 is 0 Å². The van der Waals surface area contributed by atoms with Crippen LogP contribution in [0.4, 0.5) is 21.9 Å². The number of carbonyl (C=O) groups excluding carboxylic acids is 3. The maximum atomic E-state index is 12.6. The maximum absolute atomic E-state index is 12.6. The van der Waals surface area contributed by atoms with Crippen molar-refractivity contribution in [3.05, 3.63) is 54.1 Å². The molecule has 1 heterocycles. The molecule has 0 bridgehead atoms. The highest BCUT2D eigenvalue weighted by molar-refractivity contribution is 6.17. The van der Waals surface area contributed by atoms with Crippen LogP contribution in [0, 0.1) is 0 Å². The molecule has 28 heavy (non-hydrogen) atoms. The lowest BCUT2D eigenvalue weighted by Crippen LogP contribution is -2.32. The van der Waals surface area contributed by atoms with Gasteiger partial charge in [0.15, 0.2) is 0 Å². The second-order valence-corrected chi connectivity index (χ2v) is 7.49. The van der Waals surface area contributed by atoms with Gasteiger partial charge in [-0.25, -0.2) is 4.79 Å². The van der Waals surface area contributed by atoms with Crippen LogP contribution in [0.3, 0.4) is 0 Å². The zero-order valence-electron chi connectivity index (χ0n) is 16.1. The van der Waals surface area contributed by atoms with Crippen LogP contribution >= 0.6 is 0 Å². The number of nitrogens with one attached hydrogen (secondary N) is 2. The number of rotatable bonds is 3. The number of benzene rings is 2. The van der Waals surface area contributed by atoms with Gasteiger partial charge < -0.3 is 15.4 Å². The molecule has 0 atom stereocenters. The van der Waals surface area contributed by atoms with E-state index in [0.717, 1.165) is 5.56 Å². The number of alkyl carbamates (subject to hydrolysis) is 1. The van der Waals surface area contributed by atoms with Gasteiger partial charge in [-0.05, 0) is 50.6 Å². The van der Waals surface area contributed by atoms with Crippen molar-refractivity contribution in [1.29, 1.82) is 0 Å². The molecule has 7 heteroatoms. The van der Waals surface area contributed by atoms with E-state index in [1.807, 2.05) is 18.2 Å². The van der Waals surface area contributed by atoms with Crippen LogP contribution in [0.1, 0.15) is 32.8 Å². The van der Waals surface area contributed by atoms with Crippen molar-refractivity contribution < 1.29 is 19.1 Å². The first kappa shape index (κ1) is 19.4. The quantitative estimate of drug-likeness (QED) is 0.793. The summed E-state index contributed by atoms with van der Waals surface area (Å²) >= 11 is 0. The number of anilines is 3. The smallest absolute Gasteiger partial charge is 0.407 e. The zero-order valence-corrected chi connectivity index (χ0v) is 16.1. The van der Waals surface area contributed by atoms with Gasteiger partial charge in [0.1, 0.15) is 12.0 Å². The summed E-state index contributed by atoms with van der Waals surface area (Å²) in [5.74, 6) is -0.639. The summed E-state index contributed by atoms with van der Waals surface area (Å²) in [5, 5.41) is 5.45. The Morgan fingerprint density at radius 1 is 1.11 bits per heavy atom. The molecular weight excluding hydrogens is 358 g/mol. The molecule has 146 valence electrons. The van der Waals surface area contributed by atoms with Crippen LogP contribution in [-0.4, -0.2) is 23.5 Å². The number of nitrogens with zero attached hydrogens (tertiary/aromatic N) is 1. The van der Waals surface area contributed by atoms with Crippen molar-refractivity contribution in [1.82, 2.24) is 5.32 Å². The van der Waals surface area contributed by atoms with Gasteiger partial charge in [0, 0.05) is 12.2 Å². The molecule has 0 aromatic heterocycles. The van der Waals surface area contributed by atoms with E-state index < -0.39 is 11.7 Å². The fourth-order valence-corrected chi connectivity index (χ4v) is 2.85. The molecule has 2 aromatic carbocycles. The van der Waals surface area contributed by atoms with Gasteiger partial charge in [0.2, 0.25) is 11.8 Å². The monoisotopic (exact) mass is 381 g/mol. The predicted molar refractivity (Wildman–Crippen MR) is 106 cm³/mol. The van der Waals surface area contributed by atoms with E-state index in [0.29, 0.717) is 23.6 Å². The molecule has 3 amide bonds. The standard InChI is InChI=1S/C21H23N3O4/c1-21(2,3)28-20(27)22-13-14-8-10-15(11-9-14)24-17-7-5-4-6-16(17)23-18(25)12-19(24)26/h4-11H,12-13H2,1-3H3,(H,22,27)(H,23,25). The van der Waals surface area contributed by atoms with Crippen molar-refractivity contribution in [2.24, 2.45) is 0 Å². The van der Waals surface area contributed by atoms with Gasteiger partial charge in [0.25, 0.3) is 0 Å². The van der Waals surface area contributed by atoms with Crippen LogP contribution in [-0.2, 0) is 20.9 Å². The first-order valence-corrected chi connectivity index (χ1v) is 9.00. The SMILES string of the molecule is CC(C)(C)OC(=O)NCc1ccc(N2C(=O)CC(=O)Nc3ccccc32)cc1. The number of carbonyl (C=O) groups is 3. The summed E-state index contributed by atoms with van der Waals surface area (Å²) in [4.78, 5) is 37.8. The fourth-order valence-electron chi connectivity index (χ4n) is 2.85. The normalized spacial score (nSPS) is 14.0. The highest BCUT2D eigenvalue weighted by Gasteiger charge is 2.27. The van der Waals surface area contributed by atoms with E-state index in [1.165, 1.54) is 4.90 Å². The van der Waals surface area contributed by atoms with Gasteiger partial charge in [-0.1, -0.05) is 24.3 Å². The summed E-state index contributed by atoms with van der Waals surface area (Å²) in [5.41, 5.74) is 2.17. The average Bonchev–Trinajstić information content (AvgIpc) is 2.73. The van der Waals surface area contributed by atoms with E-state index in [4.69, 9.17) is 4.74 Å². The van der Waals surface area contributed by atoms with Crippen molar-refractivity contribution in [3.63, 3.8) is 0 Å². The number of ether oxygens (including phenoxy) is 1. The van der Waals surface area contributed by atoms with E-state index in [9.17, 15) is 14.4 Å². The molecule has 2 N–H and O–H groups in total. The Hall–Kier alpha value is -3.35. The minimum Gasteiger partial charge on any atom is -0.444 e. The summed E-state index contributed by atoms with van der Waals surface area (Å²) in [7, 11) is 0. The summed E-state index contributed by atoms with van der Waals surface area (Å²) in [6, 6.07) is 14.4. The molecule has 3 rings (SSSR count). The third kappa shape index (κ3) is 4.68. The minimum absolute atomic E-state index is 0.226. The Morgan fingerprint density at radius 3 is 2.46 bits per heavy atom. The van der Waals surface area contributed by atoms with Gasteiger partial charge >= 0.3 is 6.09 Å². The van der Waals surface area contributed by atoms with Crippen molar-refractivity contribution in [2.45, 2.75) is 39.3 Å². The van der Waals surface area contributed by atoms with E-state index in [-0.39, 0.29) is 18.2 Å². The molecule has 0 radical (unpaired) electrons. The first-order valence-electron chi connectivity index (χ1n) is 9.00. The Morgan fingerprint density at radius 2 is 1.79 bits per heavy atom. The molecule has 0 saturated carbocycles. The van der Waals surface area contributed by atoms with Crippen molar-refractivity contribution in [2.75, 3.05) is 10.2 Å². The predicted octanol–water partition coefficient (Wildman–Crippen LogP) is 3.72. The highest BCUT2D eigenvalue weighted by Crippen LogP contribution is 2.34. The molecule has 1 aliphatic rings. The second kappa shape index (κ2) is 7.72. The van der Waals surface area contributed by atoms with Crippen LogP contribution < -0.4 is 15.5 Å². The molecule has 0 saturated heterocycles. The lowest BCUT2D eigenvalue weighted by molar-refractivity contribution is -0.124. The average molecular weight is 381 g/mol. The Labute approximate surface area is 163 Å². The van der Waals surface area contributed by atoms with Gasteiger partial charge in [0.05, 0.1) is 11.4 Å². The molecule has 1 aliphatic heterocycles. The third-order valence-corrected chi connectivity index (χ3v) is 4.01. The Balaban J connectivity index is 1.77. The maximum Gasteiger partial charge on any atom is 0.407 e. The van der Waals surface area contributed by atoms with E-state index in [2.05, 4.69) is 10.6 Å². The first-order chi connectivity index (χ1) is 13.2. The molecule has 0 fully saturated rings. The number of amides is 3. The van der Waals surface area contributed by atoms with Crippen LogP contribution in [0.2, 0.25) is 0 Å². The van der Waals surface area contributed by atoms with Gasteiger partial charge in [-0.3, -0.25) is 14.5 Å². The summed E-state index contributed by atoms with van der Waals surface area (Å²) < 4.78 is 5.21. The Kier molecular flexibility index (Phi) is 5.35.